The summed E-state index contributed by atoms with van der Waals surface area (Å²) in [6.07, 6.45) is 19.8. The van der Waals surface area contributed by atoms with Crippen LogP contribution in [0.15, 0.2) is 12.2 Å². The van der Waals surface area contributed by atoms with Crippen LogP contribution < -0.4 is 0 Å². The normalized spacial score (nSPS) is 10.5. The first-order valence-corrected chi connectivity index (χ1v) is 12.0. The van der Waals surface area contributed by atoms with Gasteiger partial charge in [0.15, 0.2) is 0 Å². The summed E-state index contributed by atoms with van der Waals surface area (Å²) in [6, 6.07) is 0. The van der Waals surface area contributed by atoms with Gasteiger partial charge in [-0.3, -0.25) is 0 Å². The van der Waals surface area contributed by atoms with E-state index in [4.69, 9.17) is 16.3 Å². The highest BCUT2D eigenvalue weighted by Gasteiger charge is 2.01. The average molecular weight is 418 g/mol. The highest BCUT2D eigenvalue weighted by Crippen LogP contribution is 2.12. The molecule has 0 aliphatic heterocycles. The van der Waals surface area contributed by atoms with Gasteiger partial charge in [-0.25, -0.2) is 4.79 Å². The number of ether oxygens (including phenoxy) is 1. The Morgan fingerprint density at radius 3 is 1.54 bits per heavy atom. The second kappa shape index (κ2) is 24.5. The molecule has 0 rings (SSSR count). The number of halogens is 1. The molecule has 0 bridgehead atoms. The van der Waals surface area contributed by atoms with Gasteiger partial charge in [0.05, 0.1) is 0 Å². The Balaban J connectivity index is 0. The molecule has 0 spiro atoms. The Kier molecular flexibility index (Phi) is 25.9. The number of hydrogen-bond donors (Lipinski definition) is 0. The molecule has 0 saturated heterocycles. The highest BCUT2D eigenvalue weighted by atomic mass is 35.5. The number of nitrogens with zero attached hydrogens (tertiary/aromatic N) is 1. The van der Waals surface area contributed by atoms with Crippen molar-refractivity contribution in [2.75, 3.05) is 33.1 Å². The Labute approximate surface area is 181 Å². The predicted molar refractivity (Wildman–Crippen MR) is 125 cm³/mol. The van der Waals surface area contributed by atoms with Crippen LogP contribution in [0, 0.1) is 0 Å². The van der Waals surface area contributed by atoms with Crippen molar-refractivity contribution in [1.29, 1.82) is 0 Å². The van der Waals surface area contributed by atoms with Crippen LogP contribution >= 0.6 is 11.6 Å². The van der Waals surface area contributed by atoms with Crippen LogP contribution in [-0.4, -0.2) is 44.0 Å². The van der Waals surface area contributed by atoms with E-state index < -0.39 is 0 Å². The van der Waals surface area contributed by atoms with Crippen LogP contribution in [0.1, 0.15) is 104 Å². The molecule has 0 atom stereocenters. The lowest BCUT2D eigenvalue weighted by atomic mass is 10.0. The van der Waals surface area contributed by atoms with Gasteiger partial charge in [-0.2, -0.15) is 0 Å². The van der Waals surface area contributed by atoms with Crippen molar-refractivity contribution in [2.45, 2.75) is 104 Å². The third-order valence-corrected chi connectivity index (χ3v) is 4.87. The van der Waals surface area contributed by atoms with E-state index in [0.717, 1.165) is 12.4 Å². The van der Waals surface area contributed by atoms with Gasteiger partial charge >= 0.3 is 5.97 Å². The first-order chi connectivity index (χ1) is 13.5. The summed E-state index contributed by atoms with van der Waals surface area (Å²) in [4.78, 5) is 12.7. The lowest BCUT2D eigenvalue weighted by molar-refractivity contribution is -0.139. The summed E-state index contributed by atoms with van der Waals surface area (Å²) in [5, 5.41) is 0. The van der Waals surface area contributed by atoms with Crippen molar-refractivity contribution in [3.8, 4) is 0 Å². The molecule has 0 heterocycles. The fourth-order valence-corrected chi connectivity index (χ4v) is 2.92. The second-order valence-corrected chi connectivity index (χ2v) is 8.38. The zero-order valence-corrected chi connectivity index (χ0v) is 20.1. The van der Waals surface area contributed by atoms with Crippen molar-refractivity contribution in [3.05, 3.63) is 12.2 Å². The van der Waals surface area contributed by atoms with Gasteiger partial charge in [0.1, 0.15) is 6.61 Å². The van der Waals surface area contributed by atoms with E-state index in [1.165, 1.54) is 89.9 Å². The van der Waals surface area contributed by atoms with Gasteiger partial charge < -0.3 is 9.64 Å². The number of hydrogen-bond acceptors (Lipinski definition) is 3. The molecule has 0 aliphatic rings. The van der Waals surface area contributed by atoms with E-state index in [1.54, 1.807) is 6.92 Å². The number of carbonyl (C=O) groups is 1. The average Bonchev–Trinajstić information content (AvgIpc) is 2.65. The minimum atomic E-state index is -0.313. The topological polar surface area (TPSA) is 29.5 Å². The smallest absolute Gasteiger partial charge is 0.333 e. The molecule has 0 aromatic carbocycles. The quantitative estimate of drug-likeness (QED) is 0.101. The van der Waals surface area contributed by atoms with E-state index in [0.29, 0.717) is 12.2 Å². The maximum absolute atomic E-state index is 10.8. The fourth-order valence-electron chi connectivity index (χ4n) is 2.73. The summed E-state index contributed by atoms with van der Waals surface area (Å²) < 4.78 is 4.83. The van der Waals surface area contributed by atoms with Gasteiger partial charge in [-0.15, -0.1) is 11.6 Å². The lowest BCUT2D eigenvalue weighted by Gasteiger charge is -2.09. The standard InChI is InChI=1S/C16H33Cl.C8H15NO2/c1-2-3-4-5-6-7-8-9-10-11-12-13-14-15-16-17;1-7(2)8(10)11-6-5-9(3)4/h2-16H2,1H3;1,5-6H2,2-4H3. The lowest BCUT2D eigenvalue weighted by Crippen LogP contribution is -2.20. The minimum Gasteiger partial charge on any atom is -0.461 e. The number of likely N-dealkylation sites (N-methyl/N-ethyl adjacent to an activating group) is 1. The van der Waals surface area contributed by atoms with E-state index in [-0.39, 0.29) is 5.97 Å². The first-order valence-electron chi connectivity index (χ1n) is 11.5. The van der Waals surface area contributed by atoms with Crippen LogP contribution in [0.2, 0.25) is 0 Å². The molecule has 0 radical (unpaired) electrons. The third kappa shape index (κ3) is 27.7. The van der Waals surface area contributed by atoms with Crippen LogP contribution in [0.4, 0.5) is 0 Å². The van der Waals surface area contributed by atoms with Gasteiger partial charge in [-0.05, 0) is 27.4 Å². The number of carbonyl (C=O) groups excluding carboxylic acids is 1. The molecule has 4 heteroatoms. The van der Waals surface area contributed by atoms with Crippen molar-refractivity contribution in [1.82, 2.24) is 4.90 Å². The summed E-state index contributed by atoms with van der Waals surface area (Å²) in [6.45, 7) is 8.56. The van der Waals surface area contributed by atoms with Crippen molar-refractivity contribution in [3.63, 3.8) is 0 Å². The molecule has 0 amide bonds. The van der Waals surface area contributed by atoms with E-state index in [1.807, 2.05) is 19.0 Å². The van der Waals surface area contributed by atoms with Crippen molar-refractivity contribution < 1.29 is 9.53 Å². The first kappa shape index (κ1) is 29.7. The summed E-state index contributed by atoms with van der Waals surface area (Å²) in [7, 11) is 3.85. The molecule has 168 valence electrons. The van der Waals surface area contributed by atoms with E-state index in [9.17, 15) is 4.79 Å². The predicted octanol–water partition coefficient (Wildman–Crippen LogP) is 7.37. The maximum Gasteiger partial charge on any atom is 0.333 e. The SMILES string of the molecule is C=C(C)C(=O)OCCN(C)C.CCCCCCCCCCCCCCCCCl. The monoisotopic (exact) mass is 417 g/mol. The zero-order chi connectivity index (χ0) is 21.5. The number of unbranched alkanes of at least 4 members (excludes halogenated alkanes) is 13. The largest absolute Gasteiger partial charge is 0.461 e. The van der Waals surface area contributed by atoms with Crippen molar-refractivity contribution in [2.24, 2.45) is 0 Å². The van der Waals surface area contributed by atoms with Crippen LogP contribution in [-0.2, 0) is 9.53 Å². The minimum absolute atomic E-state index is 0.313. The van der Waals surface area contributed by atoms with Crippen molar-refractivity contribution >= 4 is 17.6 Å². The second-order valence-electron chi connectivity index (χ2n) is 8.00. The molecule has 0 saturated carbocycles. The molecule has 0 aromatic rings. The molecular formula is C24H48ClNO2. The zero-order valence-electron chi connectivity index (χ0n) is 19.4. The molecule has 3 nitrogen and oxygen atoms in total. The fraction of sp³-hybridized carbons (Fsp3) is 0.875. The Bertz CT molecular complexity index is 331. The number of rotatable bonds is 18. The molecule has 0 aromatic heterocycles. The molecule has 0 fully saturated rings. The Morgan fingerprint density at radius 1 is 0.821 bits per heavy atom. The van der Waals surface area contributed by atoms with Gasteiger partial charge in [-0.1, -0.05) is 97.0 Å². The molecule has 0 aliphatic carbocycles. The highest BCUT2D eigenvalue weighted by molar-refractivity contribution is 6.17. The van der Waals surface area contributed by atoms with E-state index in [2.05, 4.69) is 13.5 Å². The van der Waals surface area contributed by atoms with Gasteiger partial charge in [0.25, 0.3) is 0 Å². The van der Waals surface area contributed by atoms with E-state index >= 15 is 0 Å². The molecule has 28 heavy (non-hydrogen) atoms. The summed E-state index contributed by atoms with van der Waals surface area (Å²) in [5.41, 5.74) is 0.448. The summed E-state index contributed by atoms with van der Waals surface area (Å²) in [5.74, 6) is 0.532. The van der Waals surface area contributed by atoms with Crippen LogP contribution in [0.3, 0.4) is 0 Å². The Morgan fingerprint density at radius 2 is 1.21 bits per heavy atom. The van der Waals surface area contributed by atoms with Crippen LogP contribution in [0.5, 0.6) is 0 Å². The molecular weight excluding hydrogens is 370 g/mol. The maximum atomic E-state index is 10.8. The third-order valence-electron chi connectivity index (χ3n) is 4.61. The number of esters is 1. The van der Waals surface area contributed by atoms with Crippen LogP contribution in [0.25, 0.3) is 0 Å². The van der Waals surface area contributed by atoms with Gasteiger partial charge in [0, 0.05) is 18.0 Å². The Hall–Kier alpha value is -0.540. The summed E-state index contributed by atoms with van der Waals surface area (Å²) >= 11 is 5.64. The molecule has 0 unspecified atom stereocenters. The number of alkyl halides is 1. The molecule has 0 N–H and O–H groups in total. The van der Waals surface area contributed by atoms with Gasteiger partial charge in [0.2, 0.25) is 0 Å².